The third-order valence-electron chi connectivity index (χ3n) is 5.17. The normalized spacial score (nSPS) is 12.6. The van der Waals surface area contributed by atoms with Gasteiger partial charge in [-0.15, -0.1) is 0 Å². The number of hydrogen-bond donors (Lipinski definition) is 1. The van der Waals surface area contributed by atoms with Crippen LogP contribution in [-0.2, 0) is 24.2 Å². The molecule has 4 rings (SSSR count). The molecule has 0 saturated carbocycles. The van der Waals surface area contributed by atoms with E-state index in [1.165, 1.54) is 11.3 Å². The van der Waals surface area contributed by atoms with Crippen LogP contribution in [0.2, 0.25) is 0 Å². The lowest BCUT2D eigenvalue weighted by atomic mass is 10.1. The van der Waals surface area contributed by atoms with Gasteiger partial charge in [-0.2, -0.15) is 5.10 Å². The van der Waals surface area contributed by atoms with Crippen LogP contribution in [-0.4, -0.2) is 22.3 Å². The molecule has 28 heavy (non-hydrogen) atoms. The van der Waals surface area contributed by atoms with Crippen molar-refractivity contribution < 1.29 is 9.53 Å². The topological polar surface area (TPSA) is 56.1 Å². The summed E-state index contributed by atoms with van der Waals surface area (Å²) >= 11 is 0. The van der Waals surface area contributed by atoms with E-state index in [2.05, 4.69) is 17.4 Å². The largest absolute Gasteiger partial charge is 0.483 e. The van der Waals surface area contributed by atoms with Gasteiger partial charge in [0.25, 0.3) is 5.91 Å². The van der Waals surface area contributed by atoms with Gasteiger partial charge in [0.15, 0.2) is 6.61 Å². The van der Waals surface area contributed by atoms with Crippen LogP contribution in [0.1, 0.15) is 34.5 Å². The highest BCUT2D eigenvalue weighted by Crippen LogP contribution is 2.27. The number of nitrogens with zero attached hydrogens (tertiary/aromatic N) is 2. The van der Waals surface area contributed by atoms with Gasteiger partial charge < -0.3 is 10.1 Å². The van der Waals surface area contributed by atoms with Gasteiger partial charge in [-0.05, 0) is 68.0 Å². The van der Waals surface area contributed by atoms with Crippen molar-refractivity contribution in [2.24, 2.45) is 0 Å². The summed E-state index contributed by atoms with van der Waals surface area (Å²) in [7, 11) is 0. The second-order valence-corrected chi connectivity index (χ2v) is 7.31. The number of para-hydroxylation sites is 1. The monoisotopic (exact) mass is 375 g/mol. The summed E-state index contributed by atoms with van der Waals surface area (Å²) < 4.78 is 7.72. The summed E-state index contributed by atoms with van der Waals surface area (Å²) in [5.41, 5.74) is 6.70. The number of amides is 1. The number of rotatable bonds is 6. The van der Waals surface area contributed by atoms with E-state index in [0.29, 0.717) is 6.54 Å². The van der Waals surface area contributed by atoms with Crippen molar-refractivity contribution in [2.75, 3.05) is 6.61 Å². The van der Waals surface area contributed by atoms with Crippen molar-refractivity contribution in [2.45, 2.75) is 39.7 Å². The summed E-state index contributed by atoms with van der Waals surface area (Å²) in [6, 6.07) is 16.2. The van der Waals surface area contributed by atoms with Crippen LogP contribution in [0.15, 0.2) is 48.5 Å². The summed E-state index contributed by atoms with van der Waals surface area (Å²) in [4.78, 5) is 12.3. The first-order valence-electron chi connectivity index (χ1n) is 9.73. The van der Waals surface area contributed by atoms with E-state index in [9.17, 15) is 4.79 Å². The predicted octanol–water partition coefficient (Wildman–Crippen LogP) is 3.67. The van der Waals surface area contributed by atoms with Gasteiger partial charge in [-0.1, -0.05) is 30.3 Å². The summed E-state index contributed by atoms with van der Waals surface area (Å²) in [6.07, 6.45) is 3.18. The summed E-state index contributed by atoms with van der Waals surface area (Å²) in [5.74, 6) is 0.617. The van der Waals surface area contributed by atoms with E-state index in [1.54, 1.807) is 0 Å². The molecule has 1 heterocycles. The standard InChI is InChI=1S/C23H25N3O2/c1-16-11-12-17(2)22(13-16)28-15-23(27)24-14-20-19-9-6-10-21(19)26(25-20)18-7-4-3-5-8-18/h3-5,7-8,11-13H,6,9-10,14-15H2,1-2H3,(H,24,27). The van der Waals surface area contributed by atoms with Crippen LogP contribution in [0.5, 0.6) is 5.75 Å². The van der Waals surface area contributed by atoms with Crippen LogP contribution in [0.25, 0.3) is 5.69 Å². The van der Waals surface area contributed by atoms with Gasteiger partial charge in [0, 0.05) is 5.69 Å². The van der Waals surface area contributed by atoms with Crippen molar-refractivity contribution >= 4 is 5.91 Å². The fraction of sp³-hybridized carbons (Fsp3) is 0.304. The molecule has 0 atom stereocenters. The predicted molar refractivity (Wildman–Crippen MR) is 109 cm³/mol. The SMILES string of the molecule is Cc1ccc(C)c(OCC(=O)NCc2nn(-c3ccccc3)c3c2CCC3)c1. The van der Waals surface area contributed by atoms with Crippen LogP contribution >= 0.6 is 0 Å². The van der Waals surface area contributed by atoms with Crippen LogP contribution < -0.4 is 10.1 Å². The van der Waals surface area contributed by atoms with Gasteiger partial charge in [0.2, 0.25) is 0 Å². The van der Waals surface area contributed by atoms with Gasteiger partial charge >= 0.3 is 0 Å². The summed E-state index contributed by atoms with van der Waals surface area (Å²) in [5, 5.41) is 7.74. The van der Waals surface area contributed by atoms with Gasteiger partial charge in [0.05, 0.1) is 17.9 Å². The average Bonchev–Trinajstić information content (AvgIpc) is 3.31. The molecule has 0 radical (unpaired) electrons. The molecule has 1 amide bonds. The molecule has 3 aromatic rings. The van der Waals surface area contributed by atoms with Gasteiger partial charge in [-0.25, -0.2) is 4.68 Å². The Hall–Kier alpha value is -3.08. The Morgan fingerprint density at radius 3 is 2.79 bits per heavy atom. The highest BCUT2D eigenvalue weighted by molar-refractivity contribution is 5.77. The number of benzene rings is 2. The first-order chi connectivity index (χ1) is 13.6. The van der Waals surface area contributed by atoms with Crippen LogP contribution in [0.3, 0.4) is 0 Å². The minimum absolute atomic E-state index is 0.00583. The zero-order valence-corrected chi connectivity index (χ0v) is 16.4. The third kappa shape index (κ3) is 3.79. The van der Waals surface area contributed by atoms with Crippen molar-refractivity contribution in [1.29, 1.82) is 0 Å². The Morgan fingerprint density at radius 1 is 1.14 bits per heavy atom. The van der Waals surface area contributed by atoms with Crippen LogP contribution in [0.4, 0.5) is 0 Å². The van der Waals surface area contributed by atoms with Crippen molar-refractivity contribution in [1.82, 2.24) is 15.1 Å². The number of ether oxygens (including phenoxy) is 1. The highest BCUT2D eigenvalue weighted by Gasteiger charge is 2.23. The molecule has 0 spiro atoms. The van der Waals surface area contributed by atoms with Crippen molar-refractivity contribution in [3.63, 3.8) is 0 Å². The molecule has 0 bridgehead atoms. The Kier molecular flexibility index (Phi) is 5.15. The molecule has 0 saturated heterocycles. The number of hydrogen-bond acceptors (Lipinski definition) is 3. The number of carbonyl (C=O) groups excluding carboxylic acids is 1. The first kappa shape index (κ1) is 18.3. The van der Waals surface area contributed by atoms with E-state index >= 15 is 0 Å². The molecule has 5 heteroatoms. The van der Waals surface area contributed by atoms with Crippen molar-refractivity contribution in [3.8, 4) is 11.4 Å². The molecule has 144 valence electrons. The smallest absolute Gasteiger partial charge is 0.258 e. The lowest BCUT2D eigenvalue weighted by Crippen LogP contribution is -2.29. The number of carbonyl (C=O) groups is 1. The fourth-order valence-electron chi connectivity index (χ4n) is 3.68. The number of aromatic nitrogens is 2. The van der Waals surface area contributed by atoms with E-state index in [4.69, 9.17) is 9.84 Å². The fourth-order valence-corrected chi connectivity index (χ4v) is 3.68. The van der Waals surface area contributed by atoms with Crippen molar-refractivity contribution in [3.05, 3.63) is 76.6 Å². The first-order valence-corrected chi connectivity index (χ1v) is 9.73. The third-order valence-corrected chi connectivity index (χ3v) is 5.17. The van der Waals surface area contributed by atoms with Gasteiger partial charge in [-0.3, -0.25) is 4.79 Å². The molecule has 1 aliphatic rings. The van der Waals surface area contributed by atoms with Crippen LogP contribution in [0, 0.1) is 13.8 Å². The zero-order chi connectivity index (χ0) is 19.5. The maximum Gasteiger partial charge on any atom is 0.258 e. The van der Waals surface area contributed by atoms with E-state index in [0.717, 1.165) is 47.5 Å². The average molecular weight is 375 g/mol. The molecular formula is C23H25N3O2. The Labute approximate surface area is 165 Å². The number of aryl methyl sites for hydroxylation is 2. The molecule has 5 nitrogen and oxygen atoms in total. The Balaban J connectivity index is 1.41. The minimum Gasteiger partial charge on any atom is -0.483 e. The highest BCUT2D eigenvalue weighted by atomic mass is 16.5. The number of nitrogens with one attached hydrogen (secondary N) is 1. The van der Waals surface area contributed by atoms with E-state index in [1.807, 2.05) is 54.9 Å². The molecule has 0 fully saturated rings. The zero-order valence-electron chi connectivity index (χ0n) is 16.4. The van der Waals surface area contributed by atoms with E-state index < -0.39 is 0 Å². The molecule has 1 aliphatic carbocycles. The van der Waals surface area contributed by atoms with Gasteiger partial charge in [0.1, 0.15) is 5.75 Å². The molecule has 2 aromatic carbocycles. The van der Waals surface area contributed by atoms with E-state index in [-0.39, 0.29) is 12.5 Å². The molecule has 0 aliphatic heterocycles. The minimum atomic E-state index is -0.137. The Bertz CT molecular complexity index is 993. The molecular weight excluding hydrogens is 350 g/mol. The number of fused-ring (bicyclic) bond motifs is 1. The lowest BCUT2D eigenvalue weighted by molar-refractivity contribution is -0.123. The quantitative estimate of drug-likeness (QED) is 0.715. The maximum absolute atomic E-state index is 12.3. The second kappa shape index (κ2) is 7.89. The molecule has 1 aromatic heterocycles. The molecule has 0 unspecified atom stereocenters. The maximum atomic E-state index is 12.3. The second-order valence-electron chi connectivity index (χ2n) is 7.31. The lowest BCUT2D eigenvalue weighted by Gasteiger charge is -2.10. The Morgan fingerprint density at radius 2 is 1.96 bits per heavy atom. The molecule has 1 N–H and O–H groups in total. The summed E-state index contributed by atoms with van der Waals surface area (Å²) in [6.45, 7) is 4.42.